The molecule has 0 aromatic carbocycles. The van der Waals surface area contributed by atoms with Gasteiger partial charge in [0.2, 0.25) is 5.82 Å². The number of carbonyl (C=O) groups excluding carboxylic acids is 1. The van der Waals surface area contributed by atoms with Crippen LogP contribution in [0, 0.1) is 0 Å². The molecule has 1 aromatic rings. The van der Waals surface area contributed by atoms with Gasteiger partial charge in [-0.3, -0.25) is 9.78 Å². The molecule has 0 aliphatic rings. The normalized spacial score (nSPS) is 11.9. The Morgan fingerprint density at radius 3 is 2.67 bits per heavy atom. The van der Waals surface area contributed by atoms with Gasteiger partial charge in [-0.25, -0.2) is 14.7 Å². The van der Waals surface area contributed by atoms with E-state index < -0.39 is 23.3 Å². The molecule has 1 heterocycles. The summed E-state index contributed by atoms with van der Waals surface area (Å²) in [7, 11) is 0. The maximum atomic E-state index is 11.7. The van der Waals surface area contributed by atoms with Crippen LogP contribution in [0.5, 0.6) is 0 Å². The zero-order valence-electron chi connectivity index (χ0n) is 12.4. The number of ether oxygens (including phenoxy) is 1. The third kappa shape index (κ3) is 6.24. The van der Waals surface area contributed by atoms with Gasteiger partial charge in [0.15, 0.2) is 0 Å². The van der Waals surface area contributed by atoms with Crippen molar-refractivity contribution in [1.29, 1.82) is 0 Å². The van der Waals surface area contributed by atoms with E-state index in [4.69, 9.17) is 4.74 Å². The second kappa shape index (κ2) is 8.93. The van der Waals surface area contributed by atoms with Crippen molar-refractivity contribution in [3.63, 3.8) is 0 Å². The molecule has 3 N–H and O–H groups in total. The summed E-state index contributed by atoms with van der Waals surface area (Å²) in [5.74, 6) is -0.583. The molecular weight excluding hydrogens is 276 g/mol. The summed E-state index contributed by atoms with van der Waals surface area (Å²) < 4.78 is 5.11. The highest BCUT2D eigenvalue weighted by Crippen LogP contribution is 2.03. The Hall–Kier alpha value is -2.12. The minimum Gasteiger partial charge on any atom is -0.464 e. The molecule has 1 aromatic heterocycles. The SMILES string of the molecule is CCCCCCCOC(=O)[C@@H](C)Nc1n[nH]c(=O)[nH]c1=O. The van der Waals surface area contributed by atoms with Crippen LogP contribution >= 0.6 is 0 Å². The van der Waals surface area contributed by atoms with E-state index in [9.17, 15) is 14.4 Å². The number of rotatable bonds is 9. The zero-order valence-corrected chi connectivity index (χ0v) is 12.4. The number of unbranched alkanes of at least 4 members (excludes halogenated alkanes) is 4. The van der Waals surface area contributed by atoms with Gasteiger partial charge in [0.1, 0.15) is 6.04 Å². The van der Waals surface area contributed by atoms with Gasteiger partial charge in [-0.2, -0.15) is 0 Å². The Morgan fingerprint density at radius 1 is 1.29 bits per heavy atom. The third-order valence-electron chi connectivity index (χ3n) is 2.91. The number of aromatic amines is 2. The number of carbonyl (C=O) groups is 1. The first-order chi connectivity index (χ1) is 10.0. The van der Waals surface area contributed by atoms with E-state index in [0.717, 1.165) is 19.3 Å². The minimum atomic E-state index is -0.722. The van der Waals surface area contributed by atoms with Gasteiger partial charge in [-0.1, -0.05) is 32.6 Å². The van der Waals surface area contributed by atoms with Crippen LogP contribution in [0.1, 0.15) is 46.0 Å². The quantitative estimate of drug-likeness (QED) is 0.458. The standard InChI is InChI=1S/C13H22N4O4/c1-3-4-5-6-7-8-21-12(19)9(2)14-10-11(18)15-13(20)17-16-10/h9H,3-8H2,1-2H3,(H,14,16)(H2,15,17,18,20)/t9-/m1/s1. The Bertz CT molecular complexity index is 552. The smallest absolute Gasteiger partial charge is 0.342 e. The first-order valence-corrected chi connectivity index (χ1v) is 7.16. The summed E-state index contributed by atoms with van der Waals surface area (Å²) in [6.07, 6.45) is 5.35. The third-order valence-corrected chi connectivity index (χ3v) is 2.91. The van der Waals surface area contributed by atoms with Crippen LogP contribution in [0.4, 0.5) is 5.82 Å². The summed E-state index contributed by atoms with van der Waals surface area (Å²) in [6.45, 7) is 4.07. The van der Waals surface area contributed by atoms with Gasteiger partial charge in [0.25, 0.3) is 5.56 Å². The molecule has 0 aliphatic carbocycles. The highest BCUT2D eigenvalue weighted by Gasteiger charge is 2.16. The van der Waals surface area contributed by atoms with Crippen molar-refractivity contribution >= 4 is 11.8 Å². The fourth-order valence-corrected chi connectivity index (χ4v) is 1.71. The fraction of sp³-hybridized carbons (Fsp3) is 0.692. The highest BCUT2D eigenvalue weighted by molar-refractivity contribution is 5.78. The number of aromatic nitrogens is 3. The largest absolute Gasteiger partial charge is 0.464 e. The maximum absolute atomic E-state index is 11.7. The van der Waals surface area contributed by atoms with Gasteiger partial charge in [0.05, 0.1) is 6.61 Å². The number of H-pyrrole nitrogens is 2. The van der Waals surface area contributed by atoms with Gasteiger partial charge in [0, 0.05) is 0 Å². The minimum absolute atomic E-state index is 0.123. The van der Waals surface area contributed by atoms with E-state index in [-0.39, 0.29) is 5.82 Å². The summed E-state index contributed by atoms with van der Waals surface area (Å²) in [5.41, 5.74) is -1.38. The van der Waals surface area contributed by atoms with Crippen molar-refractivity contribution in [3.8, 4) is 0 Å². The van der Waals surface area contributed by atoms with Gasteiger partial charge in [-0.05, 0) is 13.3 Å². The van der Waals surface area contributed by atoms with Crippen LogP contribution in [-0.4, -0.2) is 33.8 Å². The summed E-state index contributed by atoms with van der Waals surface area (Å²) in [6, 6.07) is -0.722. The molecule has 0 aliphatic heterocycles. The molecule has 0 saturated carbocycles. The zero-order chi connectivity index (χ0) is 15.7. The number of hydrogen-bond acceptors (Lipinski definition) is 6. The summed E-state index contributed by atoms with van der Waals surface area (Å²) in [4.78, 5) is 36.0. The van der Waals surface area contributed by atoms with Crippen molar-refractivity contribution in [2.24, 2.45) is 0 Å². The lowest BCUT2D eigenvalue weighted by Gasteiger charge is -2.12. The van der Waals surface area contributed by atoms with Gasteiger partial charge in [-0.15, -0.1) is 5.10 Å². The van der Waals surface area contributed by atoms with Crippen LogP contribution in [0.25, 0.3) is 0 Å². The number of nitrogens with zero attached hydrogens (tertiary/aromatic N) is 1. The summed E-state index contributed by atoms with van der Waals surface area (Å²) >= 11 is 0. The molecule has 0 bridgehead atoms. The molecule has 0 fully saturated rings. The Labute approximate surface area is 122 Å². The van der Waals surface area contributed by atoms with Crippen LogP contribution < -0.4 is 16.6 Å². The second-order valence-electron chi connectivity index (χ2n) is 4.80. The van der Waals surface area contributed by atoms with Crippen molar-refractivity contribution in [2.75, 3.05) is 11.9 Å². The van der Waals surface area contributed by atoms with Gasteiger partial charge < -0.3 is 10.1 Å². The van der Waals surface area contributed by atoms with E-state index in [1.165, 1.54) is 12.8 Å². The number of anilines is 1. The van der Waals surface area contributed by atoms with E-state index in [0.29, 0.717) is 6.61 Å². The van der Waals surface area contributed by atoms with Gasteiger partial charge >= 0.3 is 11.7 Å². The van der Waals surface area contributed by atoms with Crippen molar-refractivity contribution in [1.82, 2.24) is 15.2 Å². The number of esters is 1. The van der Waals surface area contributed by atoms with Crippen molar-refractivity contribution < 1.29 is 9.53 Å². The van der Waals surface area contributed by atoms with Crippen LogP contribution in [0.2, 0.25) is 0 Å². The molecule has 1 rings (SSSR count). The van der Waals surface area contributed by atoms with E-state index in [1.54, 1.807) is 6.92 Å². The topological polar surface area (TPSA) is 117 Å². The highest BCUT2D eigenvalue weighted by atomic mass is 16.5. The Kier molecular flexibility index (Phi) is 7.20. The molecule has 118 valence electrons. The molecule has 21 heavy (non-hydrogen) atoms. The van der Waals surface area contributed by atoms with E-state index in [1.807, 2.05) is 4.98 Å². The first-order valence-electron chi connectivity index (χ1n) is 7.16. The molecule has 8 heteroatoms. The predicted molar refractivity (Wildman–Crippen MR) is 78.3 cm³/mol. The lowest BCUT2D eigenvalue weighted by Crippen LogP contribution is -2.34. The summed E-state index contributed by atoms with van der Waals surface area (Å²) in [5, 5.41) is 8.21. The maximum Gasteiger partial charge on any atom is 0.342 e. The molecule has 0 spiro atoms. The molecule has 8 nitrogen and oxygen atoms in total. The van der Waals surface area contributed by atoms with Crippen LogP contribution in [0.15, 0.2) is 9.59 Å². The fourth-order valence-electron chi connectivity index (χ4n) is 1.71. The number of nitrogens with one attached hydrogen (secondary N) is 3. The molecule has 0 amide bonds. The molecule has 0 unspecified atom stereocenters. The molecule has 1 atom stereocenters. The molecule has 0 saturated heterocycles. The predicted octanol–water partition coefficient (Wildman–Crippen LogP) is 0.772. The van der Waals surface area contributed by atoms with E-state index >= 15 is 0 Å². The second-order valence-corrected chi connectivity index (χ2v) is 4.80. The first kappa shape index (κ1) is 16.9. The monoisotopic (exact) mass is 298 g/mol. The lowest BCUT2D eigenvalue weighted by molar-refractivity contribution is -0.144. The lowest BCUT2D eigenvalue weighted by atomic mass is 10.2. The average Bonchev–Trinajstić information content (AvgIpc) is 2.45. The van der Waals surface area contributed by atoms with Crippen molar-refractivity contribution in [3.05, 3.63) is 20.8 Å². The number of hydrogen-bond donors (Lipinski definition) is 3. The van der Waals surface area contributed by atoms with Crippen LogP contribution in [0.3, 0.4) is 0 Å². The Balaban J connectivity index is 2.34. The van der Waals surface area contributed by atoms with E-state index in [2.05, 4.69) is 22.4 Å². The molecular formula is C13H22N4O4. The van der Waals surface area contributed by atoms with Crippen LogP contribution in [-0.2, 0) is 9.53 Å². The molecule has 0 radical (unpaired) electrons. The van der Waals surface area contributed by atoms with Crippen molar-refractivity contribution in [2.45, 2.75) is 52.0 Å². The average molecular weight is 298 g/mol. The Morgan fingerprint density at radius 2 is 2.00 bits per heavy atom.